The fourth-order valence-corrected chi connectivity index (χ4v) is 4.21. The van der Waals surface area contributed by atoms with Crippen LogP contribution in [0.4, 0.5) is 0 Å². The van der Waals surface area contributed by atoms with Gasteiger partial charge in [-0.15, -0.1) is 0 Å². The van der Waals surface area contributed by atoms with Gasteiger partial charge in [-0.2, -0.15) is 5.10 Å². The van der Waals surface area contributed by atoms with Gasteiger partial charge in [-0.3, -0.25) is 14.8 Å². The normalized spacial score (nSPS) is 23.2. The van der Waals surface area contributed by atoms with Gasteiger partial charge in [0, 0.05) is 29.6 Å². The molecule has 1 unspecified atom stereocenters. The first-order chi connectivity index (χ1) is 12.8. The molecule has 6 nitrogen and oxygen atoms in total. The molecule has 2 saturated heterocycles. The summed E-state index contributed by atoms with van der Waals surface area (Å²) in [6.45, 7) is 2.13. The number of aromatic amines is 1. The van der Waals surface area contributed by atoms with Gasteiger partial charge in [0.15, 0.2) is 5.69 Å². The zero-order valence-corrected chi connectivity index (χ0v) is 14.6. The minimum atomic E-state index is -0.0868. The average molecular weight is 350 g/mol. The Morgan fingerprint density at radius 2 is 2.19 bits per heavy atom. The Morgan fingerprint density at radius 3 is 3.00 bits per heavy atom. The summed E-state index contributed by atoms with van der Waals surface area (Å²) >= 11 is 0. The van der Waals surface area contributed by atoms with Crippen LogP contribution in [0.1, 0.15) is 36.2 Å². The van der Waals surface area contributed by atoms with E-state index in [4.69, 9.17) is 4.42 Å². The first-order valence-electron chi connectivity index (χ1n) is 9.33. The molecule has 0 bridgehead atoms. The Balaban J connectivity index is 1.35. The molecule has 1 amide bonds. The van der Waals surface area contributed by atoms with Crippen molar-refractivity contribution in [3.8, 4) is 11.1 Å². The molecule has 0 spiro atoms. The Kier molecular flexibility index (Phi) is 3.78. The predicted octanol–water partition coefficient (Wildman–Crippen LogP) is 3.18. The molecule has 2 aliphatic heterocycles. The lowest BCUT2D eigenvalue weighted by Gasteiger charge is -2.40. The molecule has 0 saturated carbocycles. The number of H-pyrrole nitrogens is 1. The van der Waals surface area contributed by atoms with Crippen LogP contribution in [0, 0.1) is 0 Å². The summed E-state index contributed by atoms with van der Waals surface area (Å²) in [6.07, 6.45) is 8.16. The number of amides is 1. The highest BCUT2D eigenvalue weighted by Crippen LogP contribution is 2.28. The van der Waals surface area contributed by atoms with Gasteiger partial charge in [-0.1, -0.05) is 6.07 Å². The highest BCUT2D eigenvalue weighted by molar-refractivity contribution is 6.05. The topological polar surface area (TPSA) is 74.2 Å². The van der Waals surface area contributed by atoms with Crippen LogP contribution in [0.5, 0.6) is 0 Å². The van der Waals surface area contributed by atoms with Crippen molar-refractivity contribution in [1.82, 2.24) is 20.4 Å². The molecule has 0 aliphatic carbocycles. The Labute approximate surface area is 151 Å². The van der Waals surface area contributed by atoms with Crippen LogP contribution in [0.3, 0.4) is 0 Å². The van der Waals surface area contributed by atoms with Gasteiger partial charge in [-0.25, -0.2) is 0 Å². The standard InChI is InChI=1S/C20H22N4O2/c25-20(21-15-2-1-3-16-6-8-24(16)11-15)19-17-5-4-13(10-18(17)22-23-19)14-7-9-26-12-14/h4-5,7,9-10,12,15-16H,1-3,6,8,11H2,(H,21,25)(H,22,23)/t15-,16?/m1/s1. The van der Waals surface area contributed by atoms with Crippen LogP contribution in [-0.2, 0) is 0 Å². The second-order valence-electron chi connectivity index (χ2n) is 7.38. The number of benzene rings is 1. The first-order valence-corrected chi connectivity index (χ1v) is 9.33. The maximum absolute atomic E-state index is 12.8. The quantitative estimate of drug-likeness (QED) is 0.761. The van der Waals surface area contributed by atoms with Gasteiger partial charge >= 0.3 is 0 Å². The molecule has 4 heterocycles. The van der Waals surface area contributed by atoms with Gasteiger partial charge < -0.3 is 9.73 Å². The number of carbonyl (C=O) groups excluding carboxylic acids is 1. The van der Waals surface area contributed by atoms with Crippen molar-refractivity contribution in [3.05, 3.63) is 42.5 Å². The largest absolute Gasteiger partial charge is 0.472 e. The predicted molar refractivity (Wildman–Crippen MR) is 98.9 cm³/mol. The number of fused-ring (bicyclic) bond motifs is 2. The third-order valence-corrected chi connectivity index (χ3v) is 5.78. The van der Waals surface area contributed by atoms with Crippen LogP contribution < -0.4 is 5.32 Å². The molecule has 134 valence electrons. The zero-order valence-electron chi connectivity index (χ0n) is 14.6. The molecule has 5 rings (SSSR count). The van der Waals surface area contributed by atoms with Gasteiger partial charge in [-0.05, 0) is 56.0 Å². The lowest BCUT2D eigenvalue weighted by molar-refractivity contribution is 0.0787. The fourth-order valence-electron chi connectivity index (χ4n) is 4.21. The van der Waals surface area contributed by atoms with Crippen LogP contribution in [0.25, 0.3) is 22.0 Å². The van der Waals surface area contributed by atoms with Gasteiger partial charge in [0.2, 0.25) is 0 Å². The van der Waals surface area contributed by atoms with Gasteiger partial charge in [0.1, 0.15) is 0 Å². The number of nitrogens with zero attached hydrogens (tertiary/aromatic N) is 2. The summed E-state index contributed by atoms with van der Waals surface area (Å²) in [4.78, 5) is 15.3. The Hall–Kier alpha value is -2.60. The van der Waals surface area contributed by atoms with Crippen LogP contribution >= 0.6 is 0 Å². The molecule has 2 N–H and O–H groups in total. The van der Waals surface area contributed by atoms with Crippen molar-refractivity contribution < 1.29 is 9.21 Å². The van der Waals surface area contributed by atoms with E-state index in [1.54, 1.807) is 12.5 Å². The van der Waals surface area contributed by atoms with Gasteiger partial charge in [0.05, 0.1) is 18.0 Å². The lowest BCUT2D eigenvalue weighted by atomic mass is 10.00. The second kappa shape index (κ2) is 6.29. The van der Waals surface area contributed by atoms with Crippen molar-refractivity contribution in [1.29, 1.82) is 0 Å². The summed E-state index contributed by atoms with van der Waals surface area (Å²) in [6, 6.07) is 8.82. The van der Waals surface area contributed by atoms with Crippen LogP contribution in [0.2, 0.25) is 0 Å². The number of hydrogen-bond acceptors (Lipinski definition) is 4. The van der Waals surface area contributed by atoms with E-state index >= 15 is 0 Å². The van der Waals surface area contributed by atoms with E-state index in [1.807, 2.05) is 24.3 Å². The zero-order chi connectivity index (χ0) is 17.5. The molecule has 2 aliphatic rings. The third-order valence-electron chi connectivity index (χ3n) is 5.78. The Bertz CT molecular complexity index is 931. The average Bonchev–Trinajstić information content (AvgIpc) is 3.28. The minimum absolute atomic E-state index is 0.0868. The van der Waals surface area contributed by atoms with Crippen molar-refractivity contribution in [2.75, 3.05) is 13.1 Å². The monoisotopic (exact) mass is 350 g/mol. The molecular weight excluding hydrogens is 328 g/mol. The molecule has 6 heteroatoms. The summed E-state index contributed by atoms with van der Waals surface area (Å²) in [5, 5.41) is 11.3. The van der Waals surface area contributed by atoms with E-state index in [2.05, 4.69) is 20.4 Å². The number of furan rings is 1. The van der Waals surface area contributed by atoms with E-state index in [-0.39, 0.29) is 11.9 Å². The maximum Gasteiger partial charge on any atom is 0.272 e. The summed E-state index contributed by atoms with van der Waals surface area (Å²) < 4.78 is 5.15. The maximum atomic E-state index is 12.8. The molecule has 3 aromatic rings. The molecular formula is C20H22N4O2. The van der Waals surface area contributed by atoms with Gasteiger partial charge in [0.25, 0.3) is 5.91 Å². The molecule has 0 radical (unpaired) electrons. The highest BCUT2D eigenvalue weighted by atomic mass is 16.3. The second-order valence-corrected chi connectivity index (χ2v) is 7.38. The SMILES string of the molecule is O=C(N[C@@H]1CCCC2CCN2C1)c1n[nH]c2cc(-c3ccoc3)ccc12. The van der Waals surface area contributed by atoms with Crippen molar-refractivity contribution in [3.63, 3.8) is 0 Å². The van der Waals surface area contributed by atoms with Crippen LogP contribution in [-0.4, -0.2) is 46.2 Å². The number of rotatable bonds is 3. The van der Waals surface area contributed by atoms with Crippen molar-refractivity contribution in [2.24, 2.45) is 0 Å². The van der Waals surface area contributed by atoms with E-state index in [1.165, 1.54) is 25.8 Å². The smallest absolute Gasteiger partial charge is 0.272 e. The van der Waals surface area contributed by atoms with Crippen LogP contribution in [0.15, 0.2) is 41.2 Å². The fraction of sp³-hybridized carbons (Fsp3) is 0.400. The molecule has 1 aromatic carbocycles. The van der Waals surface area contributed by atoms with E-state index in [0.29, 0.717) is 5.69 Å². The Morgan fingerprint density at radius 1 is 1.23 bits per heavy atom. The summed E-state index contributed by atoms with van der Waals surface area (Å²) in [7, 11) is 0. The number of aromatic nitrogens is 2. The first kappa shape index (κ1) is 15.6. The summed E-state index contributed by atoms with van der Waals surface area (Å²) in [5.74, 6) is -0.0868. The molecule has 26 heavy (non-hydrogen) atoms. The van der Waals surface area contributed by atoms with E-state index in [9.17, 15) is 4.79 Å². The highest BCUT2D eigenvalue weighted by Gasteiger charge is 2.33. The minimum Gasteiger partial charge on any atom is -0.472 e. The van der Waals surface area contributed by atoms with Crippen molar-refractivity contribution in [2.45, 2.75) is 37.8 Å². The van der Waals surface area contributed by atoms with E-state index in [0.717, 1.165) is 41.0 Å². The van der Waals surface area contributed by atoms with E-state index < -0.39 is 0 Å². The number of carbonyl (C=O) groups is 1. The summed E-state index contributed by atoms with van der Waals surface area (Å²) in [5.41, 5.74) is 3.38. The number of hydrogen-bond donors (Lipinski definition) is 2. The molecule has 2 atom stereocenters. The molecule has 2 fully saturated rings. The number of nitrogens with one attached hydrogen (secondary N) is 2. The molecule has 2 aromatic heterocycles. The van der Waals surface area contributed by atoms with Crippen molar-refractivity contribution >= 4 is 16.8 Å². The lowest BCUT2D eigenvalue weighted by Crippen LogP contribution is -2.52. The third kappa shape index (κ3) is 2.70.